The molecule has 0 spiro atoms. The van der Waals surface area contributed by atoms with Gasteiger partial charge >= 0.3 is 5.97 Å². The highest BCUT2D eigenvalue weighted by molar-refractivity contribution is 5.94. The van der Waals surface area contributed by atoms with Crippen molar-refractivity contribution in [3.63, 3.8) is 0 Å². The summed E-state index contributed by atoms with van der Waals surface area (Å²) in [7, 11) is 0. The predicted octanol–water partition coefficient (Wildman–Crippen LogP) is -1.26. The molecule has 13 heteroatoms. The minimum atomic E-state index is -1.22. The summed E-state index contributed by atoms with van der Waals surface area (Å²) in [4.78, 5) is 54.2. The summed E-state index contributed by atoms with van der Waals surface area (Å²) in [6.07, 6.45) is 2.43. The lowest BCUT2D eigenvalue weighted by Gasteiger charge is -2.28. The molecule has 0 aromatic carbocycles. The number of hydrogen-bond acceptors (Lipinski definition) is 7. The molecule has 0 rings (SSSR count). The summed E-state index contributed by atoms with van der Waals surface area (Å²) >= 11 is 0. The molecule has 0 aliphatic heterocycles. The summed E-state index contributed by atoms with van der Waals surface area (Å²) in [6, 6.07) is -3.89. The highest BCUT2D eigenvalue weighted by Crippen LogP contribution is 2.11. The lowest BCUT2D eigenvalue weighted by molar-refractivity contribution is -0.142. The molecular weight excluding hydrogens is 468 g/mol. The normalized spacial score (nSPS) is 15.2. The second-order valence-corrected chi connectivity index (χ2v) is 9.34. The summed E-state index contributed by atoms with van der Waals surface area (Å²) < 4.78 is 0. The summed E-state index contributed by atoms with van der Waals surface area (Å²) in [5, 5.41) is 17.4. The SMILES string of the molecule is CCC(C)C(NC(=O)C(N)C(C)C)C(=O)NC(CCCCN)C(=O)NC(CCCN=C(N)N)C(=O)O. The van der Waals surface area contributed by atoms with Crippen molar-refractivity contribution in [3.05, 3.63) is 0 Å². The first kappa shape index (κ1) is 33.1. The van der Waals surface area contributed by atoms with E-state index in [2.05, 4.69) is 20.9 Å². The Kier molecular flexibility index (Phi) is 16.1. The van der Waals surface area contributed by atoms with E-state index in [9.17, 15) is 24.3 Å². The maximum absolute atomic E-state index is 13.2. The van der Waals surface area contributed by atoms with Crippen LogP contribution in [0.5, 0.6) is 0 Å². The van der Waals surface area contributed by atoms with E-state index in [0.29, 0.717) is 32.2 Å². The van der Waals surface area contributed by atoms with Gasteiger partial charge in [-0.2, -0.15) is 0 Å². The van der Waals surface area contributed by atoms with Gasteiger partial charge in [-0.05, 0) is 50.5 Å². The van der Waals surface area contributed by atoms with Crippen LogP contribution in [0, 0.1) is 11.8 Å². The molecule has 0 aromatic rings. The zero-order valence-electron chi connectivity index (χ0n) is 22.0. The number of carboxylic acid groups (broad SMARTS) is 1. The second kappa shape index (κ2) is 17.5. The van der Waals surface area contributed by atoms with Gasteiger partial charge in [0.15, 0.2) is 5.96 Å². The lowest BCUT2D eigenvalue weighted by Crippen LogP contribution is -2.59. The molecule has 208 valence electrons. The molecule has 5 atom stereocenters. The monoisotopic (exact) mass is 514 g/mol. The third kappa shape index (κ3) is 12.7. The Hall–Kier alpha value is -2.93. The first-order valence-electron chi connectivity index (χ1n) is 12.5. The predicted molar refractivity (Wildman–Crippen MR) is 139 cm³/mol. The number of nitrogens with zero attached hydrogens (tertiary/aromatic N) is 1. The van der Waals surface area contributed by atoms with Crippen LogP contribution in [0.2, 0.25) is 0 Å². The zero-order chi connectivity index (χ0) is 27.8. The van der Waals surface area contributed by atoms with Crippen molar-refractivity contribution in [2.75, 3.05) is 13.1 Å². The van der Waals surface area contributed by atoms with Crippen LogP contribution >= 0.6 is 0 Å². The van der Waals surface area contributed by atoms with Gasteiger partial charge in [-0.1, -0.05) is 34.1 Å². The van der Waals surface area contributed by atoms with E-state index in [4.69, 9.17) is 22.9 Å². The Bertz CT molecular complexity index is 742. The molecule has 12 N–H and O–H groups in total. The van der Waals surface area contributed by atoms with Gasteiger partial charge < -0.3 is 44.0 Å². The number of aliphatic imine (C=N–C) groups is 1. The molecule has 0 saturated heterocycles. The van der Waals surface area contributed by atoms with E-state index < -0.39 is 47.9 Å². The van der Waals surface area contributed by atoms with Gasteiger partial charge in [-0.15, -0.1) is 0 Å². The molecule has 0 fully saturated rings. The first-order chi connectivity index (χ1) is 16.8. The van der Waals surface area contributed by atoms with Gasteiger partial charge in [0.1, 0.15) is 18.1 Å². The summed E-state index contributed by atoms with van der Waals surface area (Å²) in [5.41, 5.74) is 22.0. The second-order valence-electron chi connectivity index (χ2n) is 9.34. The van der Waals surface area contributed by atoms with Crippen molar-refractivity contribution in [2.24, 2.45) is 39.8 Å². The Labute approximate surface area is 213 Å². The largest absolute Gasteiger partial charge is 0.480 e. The van der Waals surface area contributed by atoms with E-state index in [1.165, 1.54) is 0 Å². The Morgan fingerprint density at radius 2 is 1.44 bits per heavy atom. The van der Waals surface area contributed by atoms with Gasteiger partial charge in [-0.25, -0.2) is 4.79 Å². The number of carbonyl (C=O) groups excluding carboxylic acids is 3. The average molecular weight is 515 g/mol. The maximum Gasteiger partial charge on any atom is 0.326 e. The highest BCUT2D eigenvalue weighted by atomic mass is 16.4. The van der Waals surface area contributed by atoms with Crippen molar-refractivity contribution in [3.8, 4) is 0 Å². The fourth-order valence-electron chi connectivity index (χ4n) is 3.31. The van der Waals surface area contributed by atoms with Crippen LogP contribution < -0.4 is 38.9 Å². The van der Waals surface area contributed by atoms with E-state index in [0.717, 1.165) is 0 Å². The molecule has 0 aliphatic carbocycles. The summed E-state index contributed by atoms with van der Waals surface area (Å²) in [6.45, 7) is 7.92. The van der Waals surface area contributed by atoms with E-state index >= 15 is 0 Å². The number of carboxylic acids is 1. The Morgan fingerprint density at radius 3 is 1.94 bits per heavy atom. The van der Waals surface area contributed by atoms with Crippen LogP contribution in [0.1, 0.15) is 66.2 Å². The number of carbonyl (C=O) groups is 4. The molecule has 5 unspecified atom stereocenters. The van der Waals surface area contributed by atoms with Crippen LogP contribution in [0.25, 0.3) is 0 Å². The minimum Gasteiger partial charge on any atom is -0.480 e. The summed E-state index contributed by atoms with van der Waals surface area (Å²) in [5.74, 6) is -3.31. The molecule has 0 aromatic heterocycles. The molecule has 13 nitrogen and oxygen atoms in total. The molecule has 0 aliphatic rings. The fourth-order valence-corrected chi connectivity index (χ4v) is 3.31. The first-order valence-corrected chi connectivity index (χ1v) is 12.5. The molecule has 0 saturated carbocycles. The number of rotatable bonds is 18. The number of unbranched alkanes of at least 4 members (excludes halogenated alkanes) is 1. The van der Waals surface area contributed by atoms with Crippen molar-refractivity contribution in [2.45, 2.75) is 90.4 Å². The quantitative estimate of drug-likeness (QED) is 0.0617. The number of aliphatic carboxylic acids is 1. The van der Waals surface area contributed by atoms with Crippen LogP contribution in [0.15, 0.2) is 4.99 Å². The van der Waals surface area contributed by atoms with Crippen LogP contribution in [-0.4, -0.2) is 72.0 Å². The van der Waals surface area contributed by atoms with Gasteiger partial charge in [0, 0.05) is 6.54 Å². The zero-order valence-corrected chi connectivity index (χ0v) is 22.0. The number of hydrogen-bond donors (Lipinski definition) is 8. The Morgan fingerprint density at radius 1 is 0.861 bits per heavy atom. The van der Waals surface area contributed by atoms with Crippen LogP contribution in [0.3, 0.4) is 0 Å². The minimum absolute atomic E-state index is 0.0972. The van der Waals surface area contributed by atoms with Crippen LogP contribution in [0.4, 0.5) is 0 Å². The standard InChI is InChI=1S/C23H46N8O5/c1-5-14(4)18(31-20(33)17(25)13(2)3)21(34)29-15(9-6-7-11-24)19(32)30-16(22(35)36)10-8-12-28-23(26)27/h13-18H,5-12,24-25H2,1-4H3,(H,29,34)(H,30,32)(H,31,33)(H,35,36)(H4,26,27,28). The van der Waals surface area contributed by atoms with Crippen molar-refractivity contribution in [1.82, 2.24) is 16.0 Å². The molecule has 36 heavy (non-hydrogen) atoms. The number of nitrogens with two attached hydrogens (primary N) is 4. The third-order valence-corrected chi connectivity index (χ3v) is 5.95. The van der Waals surface area contributed by atoms with Crippen molar-refractivity contribution < 1.29 is 24.3 Å². The number of nitrogens with one attached hydrogen (secondary N) is 3. The van der Waals surface area contributed by atoms with E-state index in [1.54, 1.807) is 13.8 Å². The fraction of sp³-hybridized carbons (Fsp3) is 0.783. The molecular formula is C23H46N8O5. The average Bonchev–Trinajstić information content (AvgIpc) is 2.81. The third-order valence-electron chi connectivity index (χ3n) is 5.95. The topological polar surface area (TPSA) is 241 Å². The van der Waals surface area contributed by atoms with Gasteiger partial charge in [0.25, 0.3) is 0 Å². The molecule has 3 amide bonds. The van der Waals surface area contributed by atoms with Crippen LogP contribution in [-0.2, 0) is 19.2 Å². The van der Waals surface area contributed by atoms with Crippen molar-refractivity contribution in [1.29, 1.82) is 0 Å². The maximum atomic E-state index is 13.2. The van der Waals surface area contributed by atoms with Gasteiger partial charge in [0.05, 0.1) is 6.04 Å². The number of amides is 3. The smallest absolute Gasteiger partial charge is 0.326 e. The highest BCUT2D eigenvalue weighted by Gasteiger charge is 2.32. The lowest BCUT2D eigenvalue weighted by atomic mass is 9.96. The van der Waals surface area contributed by atoms with Gasteiger partial charge in [-0.3, -0.25) is 19.4 Å². The molecule has 0 heterocycles. The van der Waals surface area contributed by atoms with E-state index in [-0.39, 0.29) is 37.2 Å². The molecule has 0 radical (unpaired) electrons. The van der Waals surface area contributed by atoms with Crippen molar-refractivity contribution >= 4 is 29.7 Å². The molecule has 0 bridgehead atoms. The number of guanidine groups is 1. The van der Waals surface area contributed by atoms with E-state index in [1.807, 2.05) is 13.8 Å². The van der Waals surface area contributed by atoms with Gasteiger partial charge in [0.2, 0.25) is 17.7 Å². The Balaban J connectivity index is 5.54.